The first-order chi connectivity index (χ1) is 9.02. The minimum atomic E-state index is -0.490. The summed E-state index contributed by atoms with van der Waals surface area (Å²) in [7, 11) is 0. The number of hydrogen-bond donors (Lipinski definition) is 1. The molecule has 102 valence electrons. The number of aryl methyl sites for hydroxylation is 1. The van der Waals surface area contributed by atoms with Crippen molar-refractivity contribution in [1.82, 2.24) is 14.6 Å². The number of fused-ring (bicyclic) bond motifs is 1. The van der Waals surface area contributed by atoms with Crippen LogP contribution in [0.15, 0.2) is 18.3 Å². The molecule has 2 aromatic heterocycles. The van der Waals surface area contributed by atoms with Crippen LogP contribution >= 0.6 is 0 Å². The second kappa shape index (κ2) is 4.47. The third kappa shape index (κ3) is 2.69. The highest BCUT2D eigenvalue weighted by Gasteiger charge is 2.32. The molecule has 3 rings (SSSR count). The number of nitrogens with one attached hydrogen (secondary N) is 1. The van der Waals surface area contributed by atoms with Gasteiger partial charge in [-0.05, 0) is 38.5 Å². The number of rotatable bonds is 3. The fourth-order valence-corrected chi connectivity index (χ4v) is 2.13. The Labute approximate surface area is 111 Å². The van der Waals surface area contributed by atoms with E-state index in [-0.39, 0.29) is 6.10 Å². The highest BCUT2D eigenvalue weighted by atomic mass is 16.7. The molecule has 6 nitrogen and oxygen atoms in total. The summed E-state index contributed by atoms with van der Waals surface area (Å²) >= 11 is 0. The molecule has 0 aromatic carbocycles. The van der Waals surface area contributed by atoms with Gasteiger partial charge in [0.2, 0.25) is 5.95 Å². The Kier molecular flexibility index (Phi) is 2.91. The molecular formula is C13H18N4O2. The van der Waals surface area contributed by atoms with Crippen LogP contribution in [0.2, 0.25) is 0 Å². The first-order valence-electron chi connectivity index (χ1n) is 6.40. The highest BCUT2D eigenvalue weighted by molar-refractivity contribution is 5.45. The maximum absolute atomic E-state index is 5.72. The van der Waals surface area contributed by atoms with Crippen LogP contribution in [0, 0.1) is 6.92 Å². The number of nitrogens with zero attached hydrogens (tertiary/aromatic N) is 3. The van der Waals surface area contributed by atoms with Crippen molar-refractivity contribution in [2.75, 3.05) is 18.5 Å². The summed E-state index contributed by atoms with van der Waals surface area (Å²) in [6.45, 7) is 7.09. The Morgan fingerprint density at radius 3 is 3.11 bits per heavy atom. The van der Waals surface area contributed by atoms with Gasteiger partial charge in [-0.1, -0.05) is 0 Å². The van der Waals surface area contributed by atoms with E-state index in [1.165, 1.54) is 5.56 Å². The second-order valence-electron chi connectivity index (χ2n) is 5.27. The average Bonchev–Trinajstić information content (AvgIpc) is 2.89. The van der Waals surface area contributed by atoms with Gasteiger partial charge in [-0.2, -0.15) is 4.98 Å². The third-order valence-corrected chi connectivity index (χ3v) is 3.05. The summed E-state index contributed by atoms with van der Waals surface area (Å²) in [4.78, 5) is 4.42. The summed E-state index contributed by atoms with van der Waals surface area (Å²) in [5, 5.41) is 7.53. The van der Waals surface area contributed by atoms with Gasteiger partial charge in [0.1, 0.15) is 6.10 Å². The molecule has 0 radical (unpaired) electrons. The summed E-state index contributed by atoms with van der Waals surface area (Å²) in [6, 6.07) is 4.00. The fraction of sp³-hybridized carbons (Fsp3) is 0.538. The van der Waals surface area contributed by atoms with Gasteiger partial charge in [0.15, 0.2) is 11.4 Å². The molecule has 1 unspecified atom stereocenters. The molecule has 0 amide bonds. The van der Waals surface area contributed by atoms with E-state index in [0.29, 0.717) is 19.1 Å². The molecule has 1 fully saturated rings. The van der Waals surface area contributed by atoms with E-state index in [9.17, 15) is 0 Å². The zero-order chi connectivity index (χ0) is 13.5. The van der Waals surface area contributed by atoms with Gasteiger partial charge in [-0.15, -0.1) is 5.10 Å². The number of aromatic nitrogens is 3. The lowest BCUT2D eigenvalue weighted by molar-refractivity contribution is -0.136. The third-order valence-electron chi connectivity index (χ3n) is 3.05. The summed E-state index contributed by atoms with van der Waals surface area (Å²) in [5.41, 5.74) is 2.01. The van der Waals surface area contributed by atoms with E-state index in [0.717, 1.165) is 5.65 Å². The molecule has 0 bridgehead atoms. The Morgan fingerprint density at radius 2 is 2.37 bits per heavy atom. The van der Waals surface area contributed by atoms with Crippen LogP contribution < -0.4 is 5.32 Å². The van der Waals surface area contributed by atoms with Crippen molar-refractivity contribution in [3.63, 3.8) is 0 Å². The first kappa shape index (κ1) is 12.4. The highest BCUT2D eigenvalue weighted by Crippen LogP contribution is 2.22. The summed E-state index contributed by atoms with van der Waals surface area (Å²) in [6.07, 6.45) is 1.93. The molecule has 1 N–H and O–H groups in total. The van der Waals surface area contributed by atoms with Crippen LogP contribution in [0.3, 0.4) is 0 Å². The van der Waals surface area contributed by atoms with Crippen molar-refractivity contribution in [3.8, 4) is 0 Å². The minimum Gasteiger partial charge on any atom is -0.350 e. The molecule has 3 heterocycles. The molecule has 0 saturated carbocycles. The predicted octanol–water partition coefficient (Wildman–Crippen LogP) is 1.60. The van der Waals surface area contributed by atoms with Crippen LogP contribution in [0.25, 0.3) is 5.65 Å². The molecule has 2 aromatic rings. The smallest absolute Gasteiger partial charge is 0.243 e. The van der Waals surface area contributed by atoms with Gasteiger partial charge in [-0.3, -0.25) is 0 Å². The zero-order valence-electron chi connectivity index (χ0n) is 11.4. The van der Waals surface area contributed by atoms with Crippen molar-refractivity contribution >= 4 is 11.6 Å². The Morgan fingerprint density at radius 1 is 1.53 bits per heavy atom. The van der Waals surface area contributed by atoms with Crippen molar-refractivity contribution in [2.24, 2.45) is 0 Å². The lowest BCUT2D eigenvalue weighted by atomic mass is 10.3. The Balaban J connectivity index is 1.66. The normalized spacial score (nSPS) is 21.9. The van der Waals surface area contributed by atoms with Gasteiger partial charge >= 0.3 is 0 Å². The van der Waals surface area contributed by atoms with E-state index in [2.05, 4.69) is 15.4 Å². The number of anilines is 1. The van der Waals surface area contributed by atoms with Gasteiger partial charge < -0.3 is 14.8 Å². The maximum Gasteiger partial charge on any atom is 0.243 e. The average molecular weight is 262 g/mol. The van der Waals surface area contributed by atoms with Gasteiger partial charge in [0.05, 0.1) is 6.61 Å². The molecule has 19 heavy (non-hydrogen) atoms. The topological polar surface area (TPSA) is 60.7 Å². The zero-order valence-corrected chi connectivity index (χ0v) is 11.4. The lowest BCUT2D eigenvalue weighted by Crippen LogP contribution is -2.26. The van der Waals surface area contributed by atoms with Crippen molar-refractivity contribution in [2.45, 2.75) is 32.7 Å². The fourth-order valence-electron chi connectivity index (χ4n) is 2.13. The first-order valence-corrected chi connectivity index (χ1v) is 6.40. The molecule has 1 aliphatic rings. The second-order valence-corrected chi connectivity index (χ2v) is 5.27. The molecule has 1 aliphatic heterocycles. The number of pyridine rings is 1. The van der Waals surface area contributed by atoms with E-state index >= 15 is 0 Å². The van der Waals surface area contributed by atoms with Gasteiger partial charge in [0.25, 0.3) is 0 Å². The SMILES string of the molecule is Cc1ccn2nc(NCC3COC(C)(C)O3)nc2c1. The Hall–Kier alpha value is -1.66. The molecule has 0 aliphatic carbocycles. The maximum atomic E-state index is 5.72. The van der Waals surface area contributed by atoms with Gasteiger partial charge in [-0.25, -0.2) is 4.52 Å². The van der Waals surface area contributed by atoms with E-state index in [1.807, 2.05) is 39.1 Å². The van der Waals surface area contributed by atoms with E-state index in [1.54, 1.807) is 4.52 Å². The summed E-state index contributed by atoms with van der Waals surface area (Å²) in [5.74, 6) is 0.120. The van der Waals surface area contributed by atoms with Crippen LogP contribution in [0.1, 0.15) is 19.4 Å². The minimum absolute atomic E-state index is 0.0309. The molecule has 1 saturated heterocycles. The van der Waals surface area contributed by atoms with Crippen LogP contribution in [0.5, 0.6) is 0 Å². The lowest BCUT2D eigenvalue weighted by Gasteiger charge is -2.16. The van der Waals surface area contributed by atoms with Gasteiger partial charge in [0, 0.05) is 12.7 Å². The quantitative estimate of drug-likeness (QED) is 0.910. The number of ether oxygens (including phenoxy) is 2. The molecule has 0 spiro atoms. The van der Waals surface area contributed by atoms with E-state index < -0.39 is 5.79 Å². The van der Waals surface area contributed by atoms with E-state index in [4.69, 9.17) is 9.47 Å². The molecule has 1 atom stereocenters. The van der Waals surface area contributed by atoms with Crippen LogP contribution in [-0.4, -0.2) is 39.6 Å². The van der Waals surface area contributed by atoms with Crippen LogP contribution in [-0.2, 0) is 9.47 Å². The van der Waals surface area contributed by atoms with Crippen LogP contribution in [0.4, 0.5) is 5.95 Å². The monoisotopic (exact) mass is 262 g/mol. The largest absolute Gasteiger partial charge is 0.350 e. The van der Waals surface area contributed by atoms with Crippen molar-refractivity contribution in [3.05, 3.63) is 23.9 Å². The van der Waals surface area contributed by atoms with Crippen molar-refractivity contribution < 1.29 is 9.47 Å². The van der Waals surface area contributed by atoms with Crippen molar-refractivity contribution in [1.29, 1.82) is 0 Å². The molecular weight excluding hydrogens is 244 g/mol. The Bertz CT molecular complexity index is 593. The molecule has 6 heteroatoms. The predicted molar refractivity (Wildman–Crippen MR) is 71.1 cm³/mol. The standard InChI is InChI=1S/C13H18N4O2/c1-9-4-5-17-11(6-9)15-12(16-17)14-7-10-8-18-13(2,3)19-10/h4-6,10H,7-8H2,1-3H3,(H,14,16). The number of hydrogen-bond acceptors (Lipinski definition) is 5. The summed E-state index contributed by atoms with van der Waals surface area (Å²) < 4.78 is 13.0.